The van der Waals surface area contributed by atoms with E-state index < -0.39 is 0 Å². The SMILES string of the molecule is COCCNC(=O)c1cc2n(n1)C[C@@H](NC(=O)C1CCCC1)C2. The molecule has 0 bridgehead atoms. The van der Waals surface area contributed by atoms with Gasteiger partial charge < -0.3 is 15.4 Å². The van der Waals surface area contributed by atoms with Crippen LogP contribution in [-0.4, -0.2) is 47.9 Å². The van der Waals surface area contributed by atoms with Crippen molar-refractivity contribution in [2.24, 2.45) is 5.92 Å². The van der Waals surface area contributed by atoms with E-state index in [1.165, 1.54) is 0 Å². The molecule has 2 aliphatic rings. The highest BCUT2D eigenvalue weighted by Gasteiger charge is 2.29. The predicted octanol–water partition coefficient (Wildman–Crippen LogP) is 0.490. The van der Waals surface area contributed by atoms with Crippen LogP contribution in [0.3, 0.4) is 0 Å². The second kappa shape index (κ2) is 7.12. The Morgan fingerprint density at radius 2 is 2.17 bits per heavy atom. The topological polar surface area (TPSA) is 85.2 Å². The molecule has 1 fully saturated rings. The van der Waals surface area contributed by atoms with E-state index in [9.17, 15) is 9.59 Å². The Bertz CT molecular complexity index is 554. The van der Waals surface area contributed by atoms with Gasteiger partial charge >= 0.3 is 0 Å². The van der Waals surface area contributed by atoms with Gasteiger partial charge in [0.1, 0.15) is 5.69 Å². The number of nitrogens with one attached hydrogen (secondary N) is 2. The highest BCUT2D eigenvalue weighted by atomic mass is 16.5. The van der Waals surface area contributed by atoms with Crippen LogP contribution < -0.4 is 10.6 Å². The minimum Gasteiger partial charge on any atom is -0.383 e. The third-order valence-corrected chi connectivity index (χ3v) is 4.61. The summed E-state index contributed by atoms with van der Waals surface area (Å²) in [6, 6.07) is 1.90. The van der Waals surface area contributed by atoms with Gasteiger partial charge in [-0.05, 0) is 18.9 Å². The number of hydrogen-bond donors (Lipinski definition) is 2. The van der Waals surface area contributed by atoms with E-state index in [2.05, 4.69) is 15.7 Å². The van der Waals surface area contributed by atoms with E-state index in [1.54, 1.807) is 7.11 Å². The summed E-state index contributed by atoms with van der Waals surface area (Å²) in [4.78, 5) is 24.1. The Balaban J connectivity index is 1.51. The van der Waals surface area contributed by atoms with Crippen LogP contribution in [0.5, 0.6) is 0 Å². The van der Waals surface area contributed by atoms with Gasteiger partial charge in [-0.3, -0.25) is 14.3 Å². The van der Waals surface area contributed by atoms with Gasteiger partial charge in [-0.25, -0.2) is 0 Å². The highest BCUT2D eigenvalue weighted by Crippen LogP contribution is 2.25. The molecule has 7 heteroatoms. The molecule has 1 aliphatic heterocycles. The summed E-state index contributed by atoms with van der Waals surface area (Å²) >= 11 is 0. The van der Waals surface area contributed by atoms with Gasteiger partial charge in [0.05, 0.1) is 19.2 Å². The number of amides is 2. The molecule has 0 aromatic carbocycles. The fraction of sp³-hybridized carbons (Fsp3) is 0.688. The van der Waals surface area contributed by atoms with Crippen LogP contribution in [-0.2, 0) is 22.5 Å². The lowest BCUT2D eigenvalue weighted by molar-refractivity contribution is -0.125. The maximum absolute atomic E-state index is 12.2. The summed E-state index contributed by atoms with van der Waals surface area (Å²) in [7, 11) is 1.59. The molecule has 0 radical (unpaired) electrons. The normalized spacial score (nSPS) is 20.5. The molecule has 126 valence electrons. The smallest absolute Gasteiger partial charge is 0.271 e. The van der Waals surface area contributed by atoms with Crippen LogP contribution in [0.1, 0.15) is 41.9 Å². The van der Waals surface area contributed by atoms with Gasteiger partial charge in [-0.1, -0.05) is 12.8 Å². The van der Waals surface area contributed by atoms with Crippen molar-refractivity contribution in [2.45, 2.75) is 44.7 Å². The van der Waals surface area contributed by atoms with E-state index in [0.29, 0.717) is 25.4 Å². The molecule has 1 aromatic rings. The molecule has 2 N–H and O–H groups in total. The van der Waals surface area contributed by atoms with Crippen molar-refractivity contribution in [3.8, 4) is 0 Å². The summed E-state index contributed by atoms with van der Waals surface area (Å²) in [5.74, 6) is 0.177. The Kier molecular flexibility index (Phi) is 4.95. The lowest BCUT2D eigenvalue weighted by atomic mass is 10.1. The number of nitrogens with zero attached hydrogens (tertiary/aromatic N) is 2. The Morgan fingerprint density at radius 1 is 1.39 bits per heavy atom. The lowest BCUT2D eigenvalue weighted by Crippen LogP contribution is -2.39. The zero-order chi connectivity index (χ0) is 16.2. The predicted molar refractivity (Wildman–Crippen MR) is 84.0 cm³/mol. The van der Waals surface area contributed by atoms with Crippen LogP contribution in [0.2, 0.25) is 0 Å². The van der Waals surface area contributed by atoms with Crippen molar-refractivity contribution in [2.75, 3.05) is 20.3 Å². The average molecular weight is 320 g/mol. The van der Waals surface area contributed by atoms with Crippen LogP contribution in [0, 0.1) is 5.92 Å². The quantitative estimate of drug-likeness (QED) is 0.747. The summed E-state index contributed by atoms with van der Waals surface area (Å²) in [6.07, 6.45) is 5.07. The molecule has 7 nitrogen and oxygen atoms in total. The van der Waals surface area contributed by atoms with Crippen LogP contribution in [0.25, 0.3) is 0 Å². The van der Waals surface area contributed by atoms with Crippen molar-refractivity contribution in [1.29, 1.82) is 0 Å². The molecule has 1 saturated carbocycles. The van der Waals surface area contributed by atoms with Crippen molar-refractivity contribution in [3.05, 3.63) is 17.5 Å². The van der Waals surface area contributed by atoms with Crippen LogP contribution in [0.15, 0.2) is 6.07 Å². The third-order valence-electron chi connectivity index (χ3n) is 4.61. The lowest BCUT2D eigenvalue weighted by Gasteiger charge is -2.15. The fourth-order valence-electron chi connectivity index (χ4n) is 3.38. The second-order valence-corrected chi connectivity index (χ2v) is 6.34. The van der Waals surface area contributed by atoms with Crippen molar-refractivity contribution in [3.63, 3.8) is 0 Å². The van der Waals surface area contributed by atoms with Crippen molar-refractivity contribution >= 4 is 11.8 Å². The summed E-state index contributed by atoms with van der Waals surface area (Å²) in [5.41, 5.74) is 1.43. The first-order valence-electron chi connectivity index (χ1n) is 8.31. The van der Waals surface area contributed by atoms with Gasteiger partial charge in [0.2, 0.25) is 5.91 Å². The van der Waals surface area contributed by atoms with Crippen LogP contribution >= 0.6 is 0 Å². The maximum atomic E-state index is 12.2. The third kappa shape index (κ3) is 3.72. The molecule has 1 aromatic heterocycles. The Morgan fingerprint density at radius 3 is 2.87 bits per heavy atom. The number of fused-ring (bicyclic) bond motifs is 1. The van der Waals surface area contributed by atoms with Gasteiger partial charge in [0.15, 0.2) is 0 Å². The number of hydrogen-bond acceptors (Lipinski definition) is 4. The molecule has 0 saturated heterocycles. The molecule has 0 unspecified atom stereocenters. The minimum absolute atomic E-state index is 0.0937. The first kappa shape index (κ1) is 16.0. The molecule has 0 spiro atoms. The number of rotatable bonds is 6. The maximum Gasteiger partial charge on any atom is 0.271 e. The average Bonchev–Trinajstić information content (AvgIpc) is 3.22. The number of carbonyl (C=O) groups is 2. The van der Waals surface area contributed by atoms with E-state index >= 15 is 0 Å². The first-order chi connectivity index (χ1) is 11.2. The second-order valence-electron chi connectivity index (χ2n) is 6.34. The highest BCUT2D eigenvalue weighted by molar-refractivity contribution is 5.92. The summed E-state index contributed by atoms with van der Waals surface area (Å²) < 4.78 is 6.73. The van der Waals surface area contributed by atoms with E-state index in [0.717, 1.165) is 37.8 Å². The van der Waals surface area contributed by atoms with Gasteiger partial charge in [0.25, 0.3) is 5.91 Å². The monoisotopic (exact) mass is 320 g/mol. The molecule has 2 heterocycles. The minimum atomic E-state index is -0.185. The van der Waals surface area contributed by atoms with Crippen LogP contribution in [0.4, 0.5) is 0 Å². The van der Waals surface area contributed by atoms with Crippen molar-refractivity contribution in [1.82, 2.24) is 20.4 Å². The molecule has 1 atom stereocenters. The van der Waals surface area contributed by atoms with E-state index in [1.807, 2.05) is 10.7 Å². The summed E-state index contributed by atoms with van der Waals surface area (Å²) in [6.45, 7) is 1.59. The zero-order valence-corrected chi connectivity index (χ0v) is 13.5. The largest absolute Gasteiger partial charge is 0.383 e. The molecule has 2 amide bonds. The number of carbonyl (C=O) groups excluding carboxylic acids is 2. The standard InChI is InChI=1S/C16H24N4O3/c1-23-7-6-17-16(22)14-9-13-8-12(10-20(13)19-14)18-15(21)11-4-2-3-5-11/h9,11-12H,2-8,10H2,1H3,(H,17,22)(H,18,21)/t12-/m0/s1. The number of aromatic nitrogens is 2. The Labute approximate surface area is 135 Å². The number of ether oxygens (including phenoxy) is 1. The van der Waals surface area contributed by atoms with E-state index in [4.69, 9.17) is 4.74 Å². The zero-order valence-electron chi connectivity index (χ0n) is 13.5. The molecule has 23 heavy (non-hydrogen) atoms. The molecule has 3 rings (SSSR count). The molecule has 1 aliphatic carbocycles. The van der Waals surface area contributed by atoms with E-state index in [-0.39, 0.29) is 23.8 Å². The molecular weight excluding hydrogens is 296 g/mol. The van der Waals surface area contributed by atoms with Gasteiger partial charge in [-0.15, -0.1) is 0 Å². The Hall–Kier alpha value is -1.89. The first-order valence-corrected chi connectivity index (χ1v) is 8.31. The van der Waals surface area contributed by atoms with Gasteiger partial charge in [-0.2, -0.15) is 5.10 Å². The van der Waals surface area contributed by atoms with Gasteiger partial charge in [0, 0.05) is 31.7 Å². The molecular formula is C16H24N4O3. The summed E-state index contributed by atoms with van der Waals surface area (Å²) in [5, 5.41) is 10.2. The van der Waals surface area contributed by atoms with Crippen molar-refractivity contribution < 1.29 is 14.3 Å². The fourth-order valence-corrected chi connectivity index (χ4v) is 3.38. The number of methoxy groups -OCH3 is 1.